The van der Waals surface area contributed by atoms with Crippen molar-refractivity contribution in [2.75, 3.05) is 19.8 Å². The van der Waals surface area contributed by atoms with E-state index in [1.54, 1.807) is 0 Å². The number of aromatic nitrogens is 7. The number of carbonyl (C=O) groups is 2. The van der Waals surface area contributed by atoms with Crippen molar-refractivity contribution in [3.63, 3.8) is 0 Å². The summed E-state index contributed by atoms with van der Waals surface area (Å²) < 4.78 is 60.8. The zero-order valence-corrected chi connectivity index (χ0v) is 20.8. The summed E-state index contributed by atoms with van der Waals surface area (Å²) in [7, 11) is 0. The number of carbonyl (C=O) groups excluding carboxylic acids is 2. The summed E-state index contributed by atoms with van der Waals surface area (Å²) in [5.41, 5.74) is -0.841. The molecule has 1 aliphatic rings. The molecule has 0 saturated carbocycles. The summed E-state index contributed by atoms with van der Waals surface area (Å²) in [6, 6.07) is 1.67. The van der Waals surface area contributed by atoms with E-state index in [1.165, 1.54) is 17.1 Å². The molecule has 0 aliphatic carbocycles. The molecule has 2 N–H and O–H groups in total. The number of ether oxygens (including phenoxy) is 1. The van der Waals surface area contributed by atoms with E-state index in [4.69, 9.17) is 4.74 Å². The Kier molecular flexibility index (Phi) is 9.16. The summed E-state index contributed by atoms with van der Waals surface area (Å²) in [4.78, 5) is 28.4. The maximum atomic E-state index is 14.5. The molecule has 1 atom stereocenters. The third-order valence-corrected chi connectivity index (χ3v) is 6.07. The number of alkyl halides is 4. The number of hydrogen-bond acceptors (Lipinski definition) is 8. The van der Waals surface area contributed by atoms with Crippen LogP contribution in [0.25, 0.3) is 0 Å². The van der Waals surface area contributed by atoms with Crippen molar-refractivity contribution >= 4 is 11.8 Å². The Bertz CT molecular complexity index is 1260. The Morgan fingerprint density at radius 3 is 2.44 bits per heavy atom. The van der Waals surface area contributed by atoms with Crippen LogP contribution < -0.4 is 10.6 Å². The molecule has 1 aliphatic heterocycles. The van der Waals surface area contributed by atoms with Gasteiger partial charge in [0.2, 0.25) is 0 Å². The lowest BCUT2D eigenvalue weighted by Gasteiger charge is -2.21. The fraction of sp³-hybridized carbons (Fsp3) is 0.522. The van der Waals surface area contributed by atoms with Crippen molar-refractivity contribution in [2.24, 2.45) is 5.92 Å². The van der Waals surface area contributed by atoms with Gasteiger partial charge in [-0.25, -0.2) is 9.07 Å². The van der Waals surface area contributed by atoms with Gasteiger partial charge < -0.3 is 15.4 Å². The molecule has 16 heteroatoms. The van der Waals surface area contributed by atoms with Crippen LogP contribution in [-0.4, -0.2) is 72.7 Å². The molecular formula is C23H27F4N9O3. The van der Waals surface area contributed by atoms with Gasteiger partial charge in [0.1, 0.15) is 6.17 Å². The van der Waals surface area contributed by atoms with Crippen LogP contribution in [0.2, 0.25) is 0 Å². The van der Waals surface area contributed by atoms with Crippen molar-refractivity contribution in [1.29, 1.82) is 0 Å². The highest BCUT2D eigenvalue weighted by molar-refractivity contribution is 5.92. The van der Waals surface area contributed by atoms with E-state index < -0.39 is 23.8 Å². The van der Waals surface area contributed by atoms with Gasteiger partial charge in [-0.3, -0.25) is 19.3 Å². The minimum Gasteiger partial charge on any atom is -0.381 e. The standard InChI is InChI=1S/C23H27F4N9O3/c24-17(2-6-35-13-19(31-33-35)21(37)29-10-15-3-7-39-8-4-15)12-36-14-20(32-34-36)22(38)30-11-18-9-16(1-5-28-18)23(25,26)27/h1,5,9,13-15,17H,2-4,6-8,10-12H2,(H,29,37)(H,30,38). The van der Waals surface area contributed by atoms with Gasteiger partial charge in [0, 0.05) is 38.9 Å². The van der Waals surface area contributed by atoms with E-state index >= 15 is 0 Å². The Balaban J connectivity index is 1.19. The number of pyridine rings is 1. The molecule has 0 bridgehead atoms. The van der Waals surface area contributed by atoms with E-state index in [2.05, 4.69) is 36.2 Å². The molecule has 4 heterocycles. The van der Waals surface area contributed by atoms with Crippen LogP contribution in [0.1, 0.15) is 51.5 Å². The maximum Gasteiger partial charge on any atom is 0.416 e. The molecular weight excluding hydrogens is 526 g/mol. The van der Waals surface area contributed by atoms with Gasteiger partial charge in [-0.05, 0) is 30.9 Å². The molecule has 1 fully saturated rings. The zero-order chi connectivity index (χ0) is 27.8. The molecule has 210 valence electrons. The topological polar surface area (TPSA) is 142 Å². The molecule has 3 aromatic heterocycles. The van der Waals surface area contributed by atoms with Crippen molar-refractivity contribution in [3.05, 3.63) is 53.4 Å². The number of amides is 2. The first-order valence-electron chi connectivity index (χ1n) is 12.3. The van der Waals surface area contributed by atoms with E-state index in [0.717, 1.165) is 35.9 Å². The highest BCUT2D eigenvalue weighted by Crippen LogP contribution is 2.29. The van der Waals surface area contributed by atoms with Gasteiger partial charge in [-0.1, -0.05) is 10.4 Å². The molecule has 0 aromatic carbocycles. The molecule has 39 heavy (non-hydrogen) atoms. The molecule has 3 aromatic rings. The van der Waals surface area contributed by atoms with Crippen LogP contribution >= 0.6 is 0 Å². The van der Waals surface area contributed by atoms with Crippen LogP contribution in [0.3, 0.4) is 0 Å². The van der Waals surface area contributed by atoms with Crippen LogP contribution in [0.15, 0.2) is 30.7 Å². The number of halogens is 4. The molecule has 12 nitrogen and oxygen atoms in total. The summed E-state index contributed by atoms with van der Waals surface area (Å²) >= 11 is 0. The largest absolute Gasteiger partial charge is 0.416 e. The van der Waals surface area contributed by atoms with Crippen LogP contribution in [0, 0.1) is 5.92 Å². The van der Waals surface area contributed by atoms with Crippen molar-refractivity contribution in [2.45, 2.75) is 51.2 Å². The molecule has 4 rings (SSSR count). The molecule has 1 saturated heterocycles. The third kappa shape index (κ3) is 8.27. The van der Waals surface area contributed by atoms with Crippen molar-refractivity contribution < 1.29 is 31.9 Å². The lowest BCUT2D eigenvalue weighted by atomic mass is 10.0. The average Bonchev–Trinajstić information content (AvgIpc) is 3.60. The maximum absolute atomic E-state index is 14.5. The van der Waals surface area contributed by atoms with Crippen LogP contribution in [0.5, 0.6) is 0 Å². The molecule has 2 amide bonds. The molecule has 1 unspecified atom stereocenters. The number of aryl methyl sites for hydroxylation is 1. The first-order valence-corrected chi connectivity index (χ1v) is 12.3. The summed E-state index contributed by atoms with van der Waals surface area (Å²) in [6.07, 6.45) is -0.392. The van der Waals surface area contributed by atoms with Gasteiger partial charge in [0.05, 0.1) is 36.7 Å². The Hall–Kier alpha value is -3.95. The Labute approximate surface area is 220 Å². The van der Waals surface area contributed by atoms with Gasteiger partial charge in [0.15, 0.2) is 11.4 Å². The molecule has 0 spiro atoms. The number of nitrogens with one attached hydrogen (secondary N) is 2. The fourth-order valence-corrected chi connectivity index (χ4v) is 3.86. The van der Waals surface area contributed by atoms with Gasteiger partial charge in [-0.15, -0.1) is 10.2 Å². The second kappa shape index (κ2) is 12.7. The fourth-order valence-electron chi connectivity index (χ4n) is 3.86. The van der Waals surface area contributed by atoms with Gasteiger partial charge in [-0.2, -0.15) is 13.2 Å². The van der Waals surface area contributed by atoms with Gasteiger partial charge in [0.25, 0.3) is 11.8 Å². The van der Waals surface area contributed by atoms with E-state index in [9.17, 15) is 27.2 Å². The Morgan fingerprint density at radius 2 is 1.72 bits per heavy atom. The Morgan fingerprint density at radius 1 is 1.05 bits per heavy atom. The smallest absolute Gasteiger partial charge is 0.381 e. The van der Waals surface area contributed by atoms with E-state index in [0.29, 0.717) is 25.7 Å². The van der Waals surface area contributed by atoms with Crippen LogP contribution in [-0.2, 0) is 30.5 Å². The van der Waals surface area contributed by atoms with Crippen molar-refractivity contribution in [3.8, 4) is 0 Å². The first-order chi connectivity index (χ1) is 18.7. The number of hydrogen-bond donors (Lipinski definition) is 2. The van der Waals surface area contributed by atoms with E-state index in [1.807, 2.05) is 0 Å². The summed E-state index contributed by atoms with van der Waals surface area (Å²) in [5, 5.41) is 20.4. The first kappa shape index (κ1) is 28.1. The lowest BCUT2D eigenvalue weighted by molar-refractivity contribution is -0.137. The predicted octanol–water partition coefficient (Wildman–Crippen LogP) is 1.80. The monoisotopic (exact) mass is 553 g/mol. The molecule has 0 radical (unpaired) electrons. The van der Waals surface area contributed by atoms with E-state index in [-0.39, 0.29) is 49.0 Å². The lowest BCUT2D eigenvalue weighted by Crippen LogP contribution is -2.32. The average molecular weight is 554 g/mol. The third-order valence-electron chi connectivity index (χ3n) is 6.07. The normalized spacial score (nSPS) is 15.2. The predicted molar refractivity (Wildman–Crippen MR) is 126 cm³/mol. The second-order valence-electron chi connectivity index (χ2n) is 9.06. The number of nitrogens with zero attached hydrogens (tertiary/aromatic N) is 7. The highest BCUT2D eigenvalue weighted by atomic mass is 19.4. The number of rotatable bonds is 11. The SMILES string of the molecule is O=C(NCC1CCOCC1)c1cn(CCC(F)Cn2cc(C(=O)NCc3cc(C(F)(F)F)ccn3)nn2)nn1. The quantitative estimate of drug-likeness (QED) is 0.343. The zero-order valence-electron chi connectivity index (χ0n) is 20.8. The summed E-state index contributed by atoms with van der Waals surface area (Å²) in [6.45, 7) is 1.61. The summed E-state index contributed by atoms with van der Waals surface area (Å²) in [5.74, 6) is -0.677. The highest BCUT2D eigenvalue weighted by Gasteiger charge is 2.30. The van der Waals surface area contributed by atoms with Crippen molar-refractivity contribution in [1.82, 2.24) is 45.6 Å². The van der Waals surface area contributed by atoms with Gasteiger partial charge >= 0.3 is 6.18 Å². The minimum absolute atomic E-state index is 0.0162. The second-order valence-corrected chi connectivity index (χ2v) is 9.06. The van der Waals surface area contributed by atoms with Crippen LogP contribution in [0.4, 0.5) is 17.6 Å². The minimum atomic E-state index is -4.53.